The summed E-state index contributed by atoms with van der Waals surface area (Å²) in [5.74, 6) is 1.03. The first-order chi connectivity index (χ1) is 9.69. The lowest BCUT2D eigenvalue weighted by Gasteiger charge is -2.07. The Morgan fingerprint density at radius 1 is 1.20 bits per heavy atom. The molecule has 2 aromatic carbocycles. The minimum absolute atomic E-state index is 0.167. The number of ether oxygens (including phenoxy) is 1. The Kier molecular flexibility index (Phi) is 3.16. The predicted octanol–water partition coefficient (Wildman–Crippen LogP) is 3.25. The third-order valence-electron chi connectivity index (χ3n) is 3.04. The number of fused-ring (bicyclic) bond motifs is 1. The molecule has 5 heteroatoms. The molecule has 0 radical (unpaired) electrons. The van der Waals surface area contributed by atoms with Gasteiger partial charge in [-0.1, -0.05) is 23.7 Å². The predicted molar refractivity (Wildman–Crippen MR) is 79.4 cm³/mol. The third kappa shape index (κ3) is 2.14. The van der Waals surface area contributed by atoms with Crippen LogP contribution in [0.1, 0.15) is 0 Å². The van der Waals surface area contributed by atoms with Crippen molar-refractivity contribution in [3.8, 4) is 17.1 Å². The van der Waals surface area contributed by atoms with E-state index in [4.69, 9.17) is 16.3 Å². The molecule has 0 atom stereocenters. The van der Waals surface area contributed by atoms with Gasteiger partial charge in [-0.3, -0.25) is 4.79 Å². The first-order valence-electron chi connectivity index (χ1n) is 6.02. The fourth-order valence-electron chi connectivity index (χ4n) is 2.03. The summed E-state index contributed by atoms with van der Waals surface area (Å²) in [5, 5.41) is 1.08. The van der Waals surface area contributed by atoms with Crippen molar-refractivity contribution in [2.24, 2.45) is 0 Å². The summed E-state index contributed by atoms with van der Waals surface area (Å²) < 4.78 is 5.17. The zero-order valence-electron chi connectivity index (χ0n) is 10.7. The molecule has 1 aromatic heterocycles. The van der Waals surface area contributed by atoms with E-state index in [1.54, 1.807) is 37.4 Å². The molecule has 1 heterocycles. The summed E-state index contributed by atoms with van der Waals surface area (Å²) >= 11 is 5.99. The van der Waals surface area contributed by atoms with E-state index in [0.29, 0.717) is 27.5 Å². The van der Waals surface area contributed by atoms with Gasteiger partial charge >= 0.3 is 0 Å². The molecule has 100 valence electrons. The van der Waals surface area contributed by atoms with Gasteiger partial charge in [0.2, 0.25) is 0 Å². The molecule has 0 unspecified atom stereocenters. The van der Waals surface area contributed by atoms with Crippen molar-refractivity contribution >= 4 is 22.5 Å². The van der Waals surface area contributed by atoms with Crippen molar-refractivity contribution < 1.29 is 4.74 Å². The number of H-pyrrole nitrogens is 1. The van der Waals surface area contributed by atoms with Crippen LogP contribution in [0, 0.1) is 0 Å². The Hall–Kier alpha value is -2.33. The number of methoxy groups -OCH3 is 1. The fraction of sp³-hybridized carbons (Fsp3) is 0.0667. The lowest BCUT2D eigenvalue weighted by atomic mass is 10.2. The fourth-order valence-corrected chi connectivity index (χ4v) is 2.22. The Morgan fingerprint density at radius 2 is 2.00 bits per heavy atom. The van der Waals surface area contributed by atoms with Gasteiger partial charge in [0.1, 0.15) is 11.6 Å². The maximum Gasteiger partial charge on any atom is 0.259 e. The number of aromatic nitrogens is 2. The van der Waals surface area contributed by atoms with Crippen LogP contribution in [-0.2, 0) is 0 Å². The Labute approximate surface area is 120 Å². The molecule has 3 rings (SSSR count). The Bertz CT molecular complexity index is 843. The van der Waals surface area contributed by atoms with E-state index < -0.39 is 0 Å². The second-order valence-corrected chi connectivity index (χ2v) is 4.69. The standard InChI is InChI=1S/C15H11ClN2O2/c1-20-13-8-9(6-7-11(13)16)14-17-12-5-3-2-4-10(12)15(19)18-14/h2-8H,1H3,(H,17,18,19). The van der Waals surface area contributed by atoms with Gasteiger partial charge in [0.15, 0.2) is 0 Å². The van der Waals surface area contributed by atoms with Crippen LogP contribution in [-0.4, -0.2) is 17.1 Å². The molecule has 0 saturated heterocycles. The van der Waals surface area contributed by atoms with E-state index in [9.17, 15) is 4.79 Å². The van der Waals surface area contributed by atoms with Crippen molar-refractivity contribution in [1.82, 2.24) is 9.97 Å². The average Bonchev–Trinajstić information content (AvgIpc) is 2.47. The van der Waals surface area contributed by atoms with Gasteiger partial charge in [0, 0.05) is 5.56 Å². The second-order valence-electron chi connectivity index (χ2n) is 4.28. The van der Waals surface area contributed by atoms with E-state index in [0.717, 1.165) is 5.56 Å². The number of para-hydroxylation sites is 1. The molecule has 0 amide bonds. The zero-order chi connectivity index (χ0) is 14.1. The summed E-state index contributed by atoms with van der Waals surface area (Å²) in [5.41, 5.74) is 1.23. The van der Waals surface area contributed by atoms with Gasteiger partial charge in [0.25, 0.3) is 5.56 Å². The number of halogens is 1. The molecule has 4 nitrogen and oxygen atoms in total. The number of hydrogen-bond donors (Lipinski definition) is 1. The first kappa shape index (κ1) is 12.7. The normalized spacial score (nSPS) is 10.7. The molecule has 0 bridgehead atoms. The van der Waals surface area contributed by atoms with Crippen LogP contribution in [0.4, 0.5) is 0 Å². The van der Waals surface area contributed by atoms with E-state index in [1.165, 1.54) is 0 Å². The van der Waals surface area contributed by atoms with Gasteiger partial charge < -0.3 is 9.72 Å². The molecule has 0 spiro atoms. The molecular weight excluding hydrogens is 276 g/mol. The van der Waals surface area contributed by atoms with Crippen LogP contribution >= 0.6 is 11.6 Å². The average molecular weight is 287 g/mol. The largest absolute Gasteiger partial charge is 0.495 e. The Balaban J connectivity index is 2.22. The van der Waals surface area contributed by atoms with Crippen LogP contribution in [0.25, 0.3) is 22.3 Å². The highest BCUT2D eigenvalue weighted by atomic mass is 35.5. The maximum absolute atomic E-state index is 12.0. The molecule has 1 N–H and O–H groups in total. The number of benzene rings is 2. The highest BCUT2D eigenvalue weighted by Gasteiger charge is 2.08. The third-order valence-corrected chi connectivity index (χ3v) is 3.35. The van der Waals surface area contributed by atoms with E-state index >= 15 is 0 Å². The molecule has 0 aliphatic rings. The van der Waals surface area contributed by atoms with Crippen molar-refractivity contribution in [1.29, 1.82) is 0 Å². The van der Waals surface area contributed by atoms with Gasteiger partial charge in [-0.15, -0.1) is 0 Å². The van der Waals surface area contributed by atoms with Crippen molar-refractivity contribution in [3.63, 3.8) is 0 Å². The SMILES string of the molecule is COc1cc(-c2nc3ccccc3c(=O)[nH]2)ccc1Cl. The summed E-state index contributed by atoms with van der Waals surface area (Å²) in [6.45, 7) is 0. The van der Waals surface area contributed by atoms with Crippen LogP contribution in [0.15, 0.2) is 47.3 Å². The summed E-state index contributed by atoms with van der Waals surface area (Å²) in [4.78, 5) is 19.3. The van der Waals surface area contributed by atoms with Gasteiger partial charge in [-0.2, -0.15) is 0 Å². The zero-order valence-corrected chi connectivity index (χ0v) is 11.4. The summed E-state index contributed by atoms with van der Waals surface area (Å²) in [6.07, 6.45) is 0. The van der Waals surface area contributed by atoms with Gasteiger partial charge in [0.05, 0.1) is 23.0 Å². The molecule has 0 fully saturated rings. The highest BCUT2D eigenvalue weighted by Crippen LogP contribution is 2.28. The molecular formula is C15H11ClN2O2. The van der Waals surface area contributed by atoms with E-state index in [2.05, 4.69) is 9.97 Å². The topological polar surface area (TPSA) is 55.0 Å². The number of rotatable bonds is 2. The Morgan fingerprint density at radius 3 is 2.80 bits per heavy atom. The minimum atomic E-state index is -0.167. The molecule has 0 aliphatic heterocycles. The monoisotopic (exact) mass is 286 g/mol. The van der Waals surface area contributed by atoms with Gasteiger partial charge in [-0.05, 0) is 30.3 Å². The lowest BCUT2D eigenvalue weighted by molar-refractivity contribution is 0.415. The highest BCUT2D eigenvalue weighted by molar-refractivity contribution is 6.32. The van der Waals surface area contributed by atoms with Gasteiger partial charge in [-0.25, -0.2) is 4.98 Å². The van der Waals surface area contributed by atoms with Crippen molar-refractivity contribution in [2.75, 3.05) is 7.11 Å². The van der Waals surface area contributed by atoms with Crippen LogP contribution in [0.3, 0.4) is 0 Å². The van der Waals surface area contributed by atoms with Crippen molar-refractivity contribution in [2.45, 2.75) is 0 Å². The molecule has 0 aliphatic carbocycles. The molecule has 0 saturated carbocycles. The number of nitrogens with one attached hydrogen (secondary N) is 1. The minimum Gasteiger partial charge on any atom is -0.495 e. The number of aromatic amines is 1. The maximum atomic E-state index is 12.0. The van der Waals surface area contributed by atoms with Crippen LogP contribution < -0.4 is 10.3 Å². The van der Waals surface area contributed by atoms with E-state index in [1.807, 2.05) is 12.1 Å². The van der Waals surface area contributed by atoms with Crippen molar-refractivity contribution in [3.05, 3.63) is 57.8 Å². The van der Waals surface area contributed by atoms with Crippen LogP contribution in [0.2, 0.25) is 5.02 Å². The smallest absolute Gasteiger partial charge is 0.259 e. The number of nitrogens with zero attached hydrogens (tertiary/aromatic N) is 1. The quantitative estimate of drug-likeness (QED) is 0.787. The van der Waals surface area contributed by atoms with Crippen LogP contribution in [0.5, 0.6) is 5.75 Å². The molecule has 20 heavy (non-hydrogen) atoms. The lowest BCUT2D eigenvalue weighted by Crippen LogP contribution is -2.09. The first-order valence-corrected chi connectivity index (χ1v) is 6.40. The summed E-state index contributed by atoms with van der Waals surface area (Å²) in [6, 6.07) is 12.5. The summed E-state index contributed by atoms with van der Waals surface area (Å²) in [7, 11) is 1.54. The number of hydrogen-bond acceptors (Lipinski definition) is 3. The molecule has 3 aromatic rings. The second kappa shape index (κ2) is 4.98. The van der Waals surface area contributed by atoms with E-state index in [-0.39, 0.29) is 5.56 Å².